The quantitative estimate of drug-likeness (QED) is 0.583. The normalized spacial score (nSPS) is 15.1. The first-order valence-corrected chi connectivity index (χ1v) is 3.00. The van der Waals surface area contributed by atoms with Gasteiger partial charge in [0, 0.05) is 0 Å². The fourth-order valence-electron chi connectivity index (χ4n) is 0.321. The van der Waals surface area contributed by atoms with E-state index in [1.165, 1.54) is 0 Å². The van der Waals surface area contributed by atoms with Gasteiger partial charge in [-0.3, -0.25) is 0 Å². The monoisotopic (exact) mass is 212 g/mol. The molecule has 0 saturated heterocycles. The zero-order chi connectivity index (χ0) is 9.99. The van der Waals surface area contributed by atoms with Gasteiger partial charge in [-0.25, -0.2) is 0 Å². The lowest BCUT2D eigenvalue weighted by atomic mass is 10.3. The van der Waals surface area contributed by atoms with Crippen LogP contribution in [0, 0.1) is 0 Å². The van der Waals surface area contributed by atoms with Crippen molar-refractivity contribution in [1.29, 1.82) is 0 Å². The lowest BCUT2D eigenvalue weighted by Gasteiger charge is -2.05. The zero-order valence-corrected chi connectivity index (χ0v) is 6.19. The summed E-state index contributed by atoms with van der Waals surface area (Å²) >= 11 is 4.50. The van der Waals surface area contributed by atoms with Gasteiger partial charge in [0.25, 0.3) is 0 Å². The van der Waals surface area contributed by atoms with Crippen LogP contribution in [0.25, 0.3) is 0 Å². The Balaban J connectivity index is 4.21. The highest BCUT2D eigenvalue weighted by Crippen LogP contribution is 2.31. The highest BCUT2D eigenvalue weighted by atomic mass is 35.5. The Kier molecular flexibility index (Phi) is 3.44. The van der Waals surface area contributed by atoms with Crippen LogP contribution in [0.2, 0.25) is 0 Å². The number of alkyl halides is 6. The van der Waals surface area contributed by atoms with E-state index >= 15 is 0 Å². The first kappa shape index (κ1) is 11.6. The molecule has 0 amide bonds. The van der Waals surface area contributed by atoms with E-state index in [-0.39, 0.29) is 6.08 Å². The summed E-state index contributed by atoms with van der Waals surface area (Å²) in [6.45, 7) is 0. The SMILES string of the molecule is FC(F)(F)CC=C(Cl)C(F)(F)F. The Morgan fingerprint density at radius 1 is 1.08 bits per heavy atom. The Bertz CT molecular complexity index is 175. The highest BCUT2D eigenvalue weighted by molar-refractivity contribution is 6.30. The third-order valence-corrected chi connectivity index (χ3v) is 1.15. The largest absolute Gasteiger partial charge is 0.426 e. The van der Waals surface area contributed by atoms with Gasteiger partial charge in [-0.05, 0) is 0 Å². The molecule has 7 heteroatoms. The van der Waals surface area contributed by atoms with Gasteiger partial charge < -0.3 is 0 Å². The maximum atomic E-state index is 11.5. The maximum absolute atomic E-state index is 11.5. The number of halogens is 7. The van der Waals surface area contributed by atoms with Gasteiger partial charge in [0.15, 0.2) is 0 Å². The van der Waals surface area contributed by atoms with Crippen LogP contribution in [0.4, 0.5) is 26.3 Å². The molecular weight excluding hydrogens is 209 g/mol. The van der Waals surface area contributed by atoms with Crippen molar-refractivity contribution in [3.05, 3.63) is 11.1 Å². The molecule has 0 aliphatic carbocycles. The number of rotatable bonds is 1. The lowest BCUT2D eigenvalue weighted by molar-refractivity contribution is -0.126. The highest BCUT2D eigenvalue weighted by Gasteiger charge is 2.34. The third kappa shape index (κ3) is 5.29. The van der Waals surface area contributed by atoms with E-state index in [9.17, 15) is 26.3 Å². The summed E-state index contributed by atoms with van der Waals surface area (Å²) in [5.41, 5.74) is 0. The van der Waals surface area contributed by atoms with Crippen LogP contribution in [-0.2, 0) is 0 Å². The van der Waals surface area contributed by atoms with Crippen LogP contribution in [0.15, 0.2) is 11.1 Å². The molecule has 0 aromatic carbocycles. The van der Waals surface area contributed by atoms with Crippen molar-refractivity contribution < 1.29 is 26.3 Å². The van der Waals surface area contributed by atoms with E-state index in [0.29, 0.717) is 0 Å². The molecule has 0 radical (unpaired) electrons. The lowest BCUT2D eigenvalue weighted by Crippen LogP contribution is -2.10. The number of allylic oxidation sites excluding steroid dienone is 2. The van der Waals surface area contributed by atoms with Crippen LogP contribution in [0.3, 0.4) is 0 Å². The molecule has 0 spiro atoms. The minimum absolute atomic E-state index is 0.110. The van der Waals surface area contributed by atoms with Gasteiger partial charge in [-0.2, -0.15) is 26.3 Å². The van der Waals surface area contributed by atoms with Gasteiger partial charge in [0.2, 0.25) is 0 Å². The van der Waals surface area contributed by atoms with E-state index < -0.39 is 23.8 Å². The van der Waals surface area contributed by atoms with Crippen LogP contribution in [0.5, 0.6) is 0 Å². The second-order valence-corrected chi connectivity index (χ2v) is 2.28. The Morgan fingerprint density at radius 2 is 1.50 bits per heavy atom. The molecule has 0 aliphatic rings. The average molecular weight is 213 g/mol. The first-order valence-electron chi connectivity index (χ1n) is 2.62. The van der Waals surface area contributed by atoms with Crippen molar-refractivity contribution in [2.75, 3.05) is 0 Å². The Labute approximate surface area is 68.8 Å². The van der Waals surface area contributed by atoms with Crippen LogP contribution < -0.4 is 0 Å². The molecule has 0 nitrogen and oxygen atoms in total. The van der Waals surface area contributed by atoms with Gasteiger partial charge in [-0.15, -0.1) is 0 Å². The smallest absolute Gasteiger partial charge is 0.171 e. The second-order valence-electron chi connectivity index (χ2n) is 1.87. The van der Waals surface area contributed by atoms with Crippen molar-refractivity contribution in [2.24, 2.45) is 0 Å². The van der Waals surface area contributed by atoms with E-state index in [2.05, 4.69) is 11.6 Å². The molecule has 0 unspecified atom stereocenters. The van der Waals surface area contributed by atoms with E-state index in [1.54, 1.807) is 0 Å². The first-order chi connectivity index (χ1) is 5.13. The average Bonchev–Trinajstić information content (AvgIpc) is 1.78. The van der Waals surface area contributed by atoms with Crippen molar-refractivity contribution in [3.63, 3.8) is 0 Å². The molecule has 0 heterocycles. The molecule has 0 atom stereocenters. The van der Waals surface area contributed by atoms with Gasteiger partial charge in [0.1, 0.15) is 5.03 Å². The molecule has 12 heavy (non-hydrogen) atoms. The minimum atomic E-state index is -4.90. The summed E-state index contributed by atoms with van der Waals surface area (Å²) in [5, 5.41) is -1.75. The molecule has 0 bridgehead atoms. The van der Waals surface area contributed by atoms with Gasteiger partial charge in [0.05, 0.1) is 6.42 Å². The molecule has 0 aliphatic heterocycles. The molecule has 0 rings (SSSR count). The Hall–Kier alpha value is -0.390. The van der Waals surface area contributed by atoms with Crippen LogP contribution in [0.1, 0.15) is 6.42 Å². The summed E-state index contributed by atoms with van der Waals surface area (Å²) in [6, 6.07) is 0. The van der Waals surface area contributed by atoms with E-state index in [0.717, 1.165) is 0 Å². The molecule has 0 fully saturated rings. The second kappa shape index (κ2) is 3.55. The fraction of sp³-hybridized carbons (Fsp3) is 0.600. The van der Waals surface area contributed by atoms with Crippen molar-refractivity contribution >= 4 is 11.6 Å². The third-order valence-electron chi connectivity index (χ3n) is 0.784. The fourth-order valence-corrected chi connectivity index (χ4v) is 0.398. The molecule has 72 valence electrons. The summed E-state index contributed by atoms with van der Waals surface area (Å²) in [7, 11) is 0. The van der Waals surface area contributed by atoms with E-state index in [1.807, 2.05) is 0 Å². The molecular formula is C5H3ClF6. The standard InChI is InChI=1S/C5H3ClF6/c6-3(5(10,11)12)1-2-4(7,8)9/h1H,2H2. The van der Waals surface area contributed by atoms with Crippen molar-refractivity contribution in [2.45, 2.75) is 18.8 Å². The molecule has 0 aromatic rings. The minimum Gasteiger partial charge on any atom is -0.171 e. The molecule has 0 N–H and O–H groups in total. The van der Waals surface area contributed by atoms with Crippen molar-refractivity contribution in [1.82, 2.24) is 0 Å². The number of hydrogen-bond acceptors (Lipinski definition) is 0. The topological polar surface area (TPSA) is 0 Å². The van der Waals surface area contributed by atoms with Gasteiger partial charge in [-0.1, -0.05) is 17.7 Å². The molecule has 0 saturated carbocycles. The predicted molar refractivity (Wildman–Crippen MR) is 30.7 cm³/mol. The summed E-state index contributed by atoms with van der Waals surface area (Å²) in [6.07, 6.45) is -11.3. The van der Waals surface area contributed by atoms with E-state index in [4.69, 9.17) is 0 Å². The van der Waals surface area contributed by atoms with Crippen molar-refractivity contribution in [3.8, 4) is 0 Å². The van der Waals surface area contributed by atoms with Gasteiger partial charge >= 0.3 is 12.4 Å². The molecule has 0 aromatic heterocycles. The zero-order valence-electron chi connectivity index (χ0n) is 5.43. The predicted octanol–water partition coefficient (Wildman–Crippen LogP) is 3.62. The van der Waals surface area contributed by atoms with Crippen LogP contribution >= 0.6 is 11.6 Å². The maximum Gasteiger partial charge on any atom is 0.426 e. The Morgan fingerprint density at radius 3 is 1.75 bits per heavy atom. The summed E-state index contributed by atoms with van der Waals surface area (Å²) in [5.74, 6) is 0. The van der Waals surface area contributed by atoms with Crippen LogP contribution in [-0.4, -0.2) is 12.4 Å². The summed E-state index contributed by atoms with van der Waals surface area (Å²) in [4.78, 5) is 0. The summed E-state index contributed by atoms with van der Waals surface area (Å²) < 4.78 is 68.4. The number of hydrogen-bond donors (Lipinski definition) is 0.